The van der Waals surface area contributed by atoms with Crippen LogP contribution in [0.15, 0.2) is 42.5 Å². The summed E-state index contributed by atoms with van der Waals surface area (Å²) < 4.78 is 10.6. The normalized spacial score (nSPS) is 16.5. The largest absolute Gasteiger partial charge is 0.497 e. The second kappa shape index (κ2) is 5.36. The molecule has 0 aliphatic carbocycles. The summed E-state index contributed by atoms with van der Waals surface area (Å²) in [6.07, 6.45) is -0.363. The molecule has 2 N–H and O–H groups in total. The average molecular weight is 284 g/mol. The number of benzene rings is 2. The molecule has 0 unspecified atom stereocenters. The Morgan fingerprint density at radius 2 is 1.81 bits per heavy atom. The van der Waals surface area contributed by atoms with E-state index in [1.807, 2.05) is 36.4 Å². The van der Waals surface area contributed by atoms with E-state index in [0.717, 1.165) is 11.3 Å². The van der Waals surface area contributed by atoms with Gasteiger partial charge in [0.05, 0.1) is 19.8 Å². The molecule has 0 fully saturated rings. The van der Waals surface area contributed by atoms with Crippen LogP contribution in [-0.2, 0) is 0 Å². The van der Waals surface area contributed by atoms with Crippen LogP contribution in [0.2, 0.25) is 0 Å². The molecule has 0 radical (unpaired) electrons. The van der Waals surface area contributed by atoms with Gasteiger partial charge in [0.15, 0.2) is 0 Å². The fourth-order valence-corrected chi connectivity index (χ4v) is 2.43. The van der Waals surface area contributed by atoms with Crippen molar-refractivity contribution in [3.05, 3.63) is 53.6 Å². The molecule has 2 aromatic carbocycles. The first-order valence-electron chi connectivity index (χ1n) is 6.61. The molecule has 1 amide bonds. The number of carbonyl (C=O) groups is 1. The molecule has 1 aliphatic rings. The highest BCUT2D eigenvalue weighted by Gasteiger charge is 2.26. The van der Waals surface area contributed by atoms with Crippen LogP contribution in [0.5, 0.6) is 11.5 Å². The van der Waals surface area contributed by atoms with E-state index in [4.69, 9.17) is 9.47 Å². The summed E-state index contributed by atoms with van der Waals surface area (Å²) in [7, 11) is 3.21. The zero-order valence-electron chi connectivity index (χ0n) is 11.8. The number of anilines is 1. The second-order valence-corrected chi connectivity index (χ2v) is 4.70. The van der Waals surface area contributed by atoms with Gasteiger partial charge in [-0.15, -0.1) is 0 Å². The lowest BCUT2D eigenvalue weighted by molar-refractivity contribution is 0.0935. The zero-order valence-corrected chi connectivity index (χ0v) is 11.8. The topological polar surface area (TPSA) is 59.6 Å². The van der Waals surface area contributed by atoms with Gasteiger partial charge in [-0.2, -0.15) is 0 Å². The van der Waals surface area contributed by atoms with E-state index in [2.05, 4.69) is 10.6 Å². The van der Waals surface area contributed by atoms with E-state index >= 15 is 0 Å². The molecule has 0 bridgehead atoms. The number of ether oxygens (including phenoxy) is 2. The van der Waals surface area contributed by atoms with Gasteiger partial charge < -0.3 is 20.1 Å². The van der Waals surface area contributed by atoms with Gasteiger partial charge in [0.1, 0.15) is 17.7 Å². The Kier molecular flexibility index (Phi) is 3.39. The summed E-state index contributed by atoms with van der Waals surface area (Å²) >= 11 is 0. The van der Waals surface area contributed by atoms with E-state index in [1.165, 1.54) is 0 Å². The van der Waals surface area contributed by atoms with Crippen LogP contribution in [0.25, 0.3) is 0 Å². The van der Waals surface area contributed by atoms with Crippen molar-refractivity contribution in [2.45, 2.75) is 6.17 Å². The number of hydrogen-bond donors (Lipinski definition) is 2. The van der Waals surface area contributed by atoms with E-state index < -0.39 is 0 Å². The first-order chi connectivity index (χ1) is 10.2. The van der Waals surface area contributed by atoms with Gasteiger partial charge in [-0.3, -0.25) is 4.79 Å². The Balaban J connectivity index is 2.01. The van der Waals surface area contributed by atoms with Crippen molar-refractivity contribution in [3.8, 4) is 11.5 Å². The Morgan fingerprint density at radius 1 is 1.00 bits per heavy atom. The molecule has 0 aromatic heterocycles. The van der Waals surface area contributed by atoms with Crippen molar-refractivity contribution in [2.24, 2.45) is 0 Å². The van der Waals surface area contributed by atoms with Crippen molar-refractivity contribution in [2.75, 3.05) is 19.5 Å². The first kappa shape index (κ1) is 13.3. The molecule has 1 heterocycles. The number of para-hydroxylation sites is 1. The van der Waals surface area contributed by atoms with Gasteiger partial charge in [0, 0.05) is 11.3 Å². The maximum absolute atomic E-state index is 12.2. The second-order valence-electron chi connectivity index (χ2n) is 4.70. The Labute approximate surface area is 122 Å². The van der Waals surface area contributed by atoms with Crippen LogP contribution < -0.4 is 20.1 Å². The van der Waals surface area contributed by atoms with Gasteiger partial charge in [0.2, 0.25) is 0 Å². The highest BCUT2D eigenvalue weighted by atomic mass is 16.5. The molecule has 2 aromatic rings. The van der Waals surface area contributed by atoms with Crippen molar-refractivity contribution >= 4 is 11.6 Å². The minimum atomic E-state index is -0.363. The predicted octanol–water partition coefficient (Wildman–Crippen LogP) is 2.56. The number of rotatable bonds is 3. The molecule has 3 rings (SSSR count). The maximum atomic E-state index is 12.2. The van der Waals surface area contributed by atoms with Gasteiger partial charge >= 0.3 is 0 Å². The van der Waals surface area contributed by atoms with Crippen molar-refractivity contribution in [1.29, 1.82) is 0 Å². The summed E-state index contributed by atoms with van der Waals surface area (Å²) in [5.41, 5.74) is 2.26. The van der Waals surface area contributed by atoms with Gasteiger partial charge in [-0.25, -0.2) is 0 Å². The SMILES string of the molecule is COc1ccc(OC)c([C@H]2NC(=O)c3ccccc3N2)c1. The first-order valence-corrected chi connectivity index (χ1v) is 6.61. The van der Waals surface area contributed by atoms with Crippen LogP contribution in [0.4, 0.5) is 5.69 Å². The van der Waals surface area contributed by atoms with Crippen molar-refractivity contribution in [3.63, 3.8) is 0 Å². The highest BCUT2D eigenvalue weighted by Crippen LogP contribution is 2.33. The highest BCUT2D eigenvalue weighted by molar-refractivity contribution is 6.01. The molecule has 0 spiro atoms. The molecule has 0 saturated carbocycles. The fraction of sp³-hybridized carbons (Fsp3) is 0.188. The summed E-state index contributed by atoms with van der Waals surface area (Å²) in [4.78, 5) is 12.2. The van der Waals surface area contributed by atoms with E-state index in [1.54, 1.807) is 20.3 Å². The number of hydrogen-bond acceptors (Lipinski definition) is 4. The van der Waals surface area contributed by atoms with E-state index in [0.29, 0.717) is 17.1 Å². The Bertz CT molecular complexity index is 685. The minimum Gasteiger partial charge on any atom is -0.497 e. The zero-order chi connectivity index (χ0) is 14.8. The Morgan fingerprint density at radius 3 is 2.57 bits per heavy atom. The molecule has 5 nitrogen and oxygen atoms in total. The maximum Gasteiger partial charge on any atom is 0.255 e. The van der Waals surface area contributed by atoms with Gasteiger partial charge in [0.25, 0.3) is 5.91 Å². The lowest BCUT2D eigenvalue weighted by Gasteiger charge is -2.29. The summed E-state index contributed by atoms with van der Waals surface area (Å²) in [6, 6.07) is 12.9. The lowest BCUT2D eigenvalue weighted by Crippen LogP contribution is -2.38. The smallest absolute Gasteiger partial charge is 0.255 e. The van der Waals surface area contributed by atoms with Crippen molar-refractivity contribution < 1.29 is 14.3 Å². The standard InChI is InChI=1S/C16H16N2O3/c1-20-10-7-8-14(21-2)12(9-10)15-17-13-6-4-3-5-11(13)16(19)18-15/h3-9,15,17H,1-2H3,(H,18,19)/t15-/m1/s1. The number of fused-ring (bicyclic) bond motifs is 1. The van der Waals surface area contributed by atoms with Crippen molar-refractivity contribution in [1.82, 2.24) is 5.32 Å². The third-order valence-corrected chi connectivity index (χ3v) is 3.49. The quantitative estimate of drug-likeness (QED) is 0.909. The molecular weight excluding hydrogens is 268 g/mol. The number of methoxy groups -OCH3 is 2. The molecular formula is C16H16N2O3. The molecule has 21 heavy (non-hydrogen) atoms. The third kappa shape index (κ3) is 2.38. The molecule has 0 saturated heterocycles. The number of amides is 1. The van der Waals surface area contributed by atoms with Crippen LogP contribution >= 0.6 is 0 Å². The molecule has 1 atom stereocenters. The number of carbonyl (C=O) groups excluding carboxylic acids is 1. The van der Waals surface area contributed by atoms with Gasteiger partial charge in [-0.1, -0.05) is 12.1 Å². The Hall–Kier alpha value is -2.69. The summed E-state index contributed by atoms with van der Waals surface area (Å²) in [5, 5.41) is 6.23. The van der Waals surface area contributed by atoms with Crippen LogP contribution in [0.3, 0.4) is 0 Å². The lowest BCUT2D eigenvalue weighted by atomic mass is 10.0. The van der Waals surface area contributed by atoms with Gasteiger partial charge in [-0.05, 0) is 30.3 Å². The molecule has 5 heteroatoms. The fourth-order valence-electron chi connectivity index (χ4n) is 2.43. The molecule has 1 aliphatic heterocycles. The predicted molar refractivity (Wildman–Crippen MR) is 79.8 cm³/mol. The summed E-state index contributed by atoms with van der Waals surface area (Å²) in [5.74, 6) is 1.29. The van der Waals surface area contributed by atoms with E-state index in [-0.39, 0.29) is 12.1 Å². The average Bonchev–Trinajstić information content (AvgIpc) is 2.54. The van der Waals surface area contributed by atoms with Crippen LogP contribution in [0, 0.1) is 0 Å². The monoisotopic (exact) mass is 284 g/mol. The third-order valence-electron chi connectivity index (χ3n) is 3.49. The summed E-state index contributed by atoms with van der Waals surface area (Å²) in [6.45, 7) is 0. The van der Waals surface area contributed by atoms with Crippen LogP contribution in [-0.4, -0.2) is 20.1 Å². The minimum absolute atomic E-state index is 0.112. The number of nitrogens with one attached hydrogen (secondary N) is 2. The molecule has 108 valence electrons. The van der Waals surface area contributed by atoms with E-state index in [9.17, 15) is 4.79 Å². The van der Waals surface area contributed by atoms with Crippen LogP contribution in [0.1, 0.15) is 22.1 Å².